The molecule has 35 heavy (non-hydrogen) atoms. The van der Waals surface area contributed by atoms with Gasteiger partial charge in [0.15, 0.2) is 0 Å². The fraction of sp³-hybridized carbons (Fsp3) is 0.174. The molecule has 0 radical (unpaired) electrons. The van der Waals surface area contributed by atoms with E-state index in [2.05, 4.69) is 4.40 Å². The lowest BCUT2D eigenvalue weighted by atomic mass is 10.1. The highest BCUT2D eigenvalue weighted by molar-refractivity contribution is 7.89. The minimum absolute atomic E-state index is 0.00601. The Kier molecular flexibility index (Phi) is 6.26. The lowest BCUT2D eigenvalue weighted by Crippen LogP contribution is -2.31. The average Bonchev–Trinajstić information content (AvgIpc) is 3.05. The van der Waals surface area contributed by atoms with E-state index in [4.69, 9.17) is 0 Å². The number of imidazole rings is 1. The highest BCUT2D eigenvalue weighted by Gasteiger charge is 2.31. The molecule has 184 valence electrons. The number of rotatable bonds is 5. The SMILES string of the molecule is O=S(=O)(Cc1ccc(C(F)(F)F)cc1)/N=c1/n(CC(F)(F)F)c2ccccc2n1-c1ccccc1. The summed E-state index contributed by atoms with van der Waals surface area (Å²) in [6.45, 7) is -1.50. The maximum atomic E-state index is 13.5. The molecule has 0 N–H and O–H groups in total. The smallest absolute Gasteiger partial charge is 0.300 e. The second kappa shape index (κ2) is 8.91. The third-order valence-electron chi connectivity index (χ3n) is 5.06. The van der Waals surface area contributed by atoms with Crippen LogP contribution in [0.15, 0.2) is 83.3 Å². The summed E-state index contributed by atoms with van der Waals surface area (Å²) < 4.78 is 110. The minimum atomic E-state index is -4.68. The number of sulfonamides is 1. The molecule has 12 heteroatoms. The molecule has 0 bridgehead atoms. The standard InChI is InChI=1S/C23H17F6N3O2S/c24-22(25,26)15-31-19-8-4-5-9-20(19)32(18-6-2-1-3-7-18)21(31)30-35(33,34)14-16-10-12-17(13-11-16)23(27,28)29/h1-13H,14-15H2/b30-21-. The predicted octanol–water partition coefficient (Wildman–Crippen LogP) is 5.44. The van der Waals surface area contributed by atoms with Crippen molar-refractivity contribution in [3.05, 3.63) is 95.6 Å². The molecule has 0 aliphatic carbocycles. The van der Waals surface area contributed by atoms with Crippen molar-refractivity contribution in [2.45, 2.75) is 24.7 Å². The van der Waals surface area contributed by atoms with Gasteiger partial charge in [-0.1, -0.05) is 42.5 Å². The molecule has 0 fully saturated rings. The average molecular weight is 513 g/mol. The highest BCUT2D eigenvalue weighted by atomic mass is 32.2. The Hall–Kier alpha value is -3.54. The van der Waals surface area contributed by atoms with Crippen LogP contribution < -0.4 is 5.62 Å². The minimum Gasteiger partial charge on any atom is -0.300 e. The summed E-state index contributed by atoms with van der Waals surface area (Å²) in [6.07, 6.45) is -9.28. The fourth-order valence-electron chi connectivity index (χ4n) is 3.63. The van der Waals surface area contributed by atoms with E-state index >= 15 is 0 Å². The highest BCUT2D eigenvalue weighted by Crippen LogP contribution is 2.29. The van der Waals surface area contributed by atoms with Crippen molar-refractivity contribution >= 4 is 21.1 Å². The number of hydrogen-bond acceptors (Lipinski definition) is 2. The number of hydrogen-bond donors (Lipinski definition) is 0. The molecule has 0 aliphatic heterocycles. The lowest BCUT2D eigenvalue weighted by Gasteiger charge is -2.10. The molecule has 4 rings (SSSR count). The number of halogens is 6. The van der Waals surface area contributed by atoms with Gasteiger partial charge in [0.1, 0.15) is 6.54 Å². The van der Waals surface area contributed by atoms with Crippen molar-refractivity contribution in [1.29, 1.82) is 0 Å². The third-order valence-corrected chi connectivity index (χ3v) is 6.20. The van der Waals surface area contributed by atoms with Gasteiger partial charge in [-0.25, -0.2) is 8.42 Å². The van der Waals surface area contributed by atoms with E-state index < -0.39 is 45.9 Å². The first-order valence-electron chi connectivity index (χ1n) is 10.1. The van der Waals surface area contributed by atoms with Crippen LogP contribution in [0.3, 0.4) is 0 Å². The Morgan fingerprint density at radius 1 is 0.743 bits per heavy atom. The second-order valence-corrected chi connectivity index (χ2v) is 9.31. The Balaban J connectivity index is 1.91. The Morgan fingerprint density at radius 3 is 1.89 bits per heavy atom. The van der Waals surface area contributed by atoms with E-state index in [0.717, 1.165) is 28.8 Å². The van der Waals surface area contributed by atoms with Crippen molar-refractivity contribution in [3.8, 4) is 5.69 Å². The quantitative estimate of drug-likeness (QED) is 0.334. The molecule has 1 heterocycles. The van der Waals surface area contributed by atoms with Crippen molar-refractivity contribution < 1.29 is 34.8 Å². The van der Waals surface area contributed by atoms with Gasteiger partial charge in [0, 0.05) is 5.69 Å². The summed E-state index contributed by atoms with van der Waals surface area (Å²) in [6, 6.07) is 17.7. The maximum absolute atomic E-state index is 13.5. The zero-order valence-electron chi connectivity index (χ0n) is 17.8. The number of aromatic nitrogens is 2. The number of benzene rings is 3. The lowest BCUT2D eigenvalue weighted by molar-refractivity contribution is -0.140. The Bertz CT molecular complexity index is 1520. The number of fused-ring (bicyclic) bond motifs is 1. The van der Waals surface area contributed by atoms with Gasteiger partial charge in [-0.2, -0.15) is 26.3 Å². The first kappa shape index (κ1) is 24.6. The van der Waals surface area contributed by atoms with Crippen molar-refractivity contribution in [1.82, 2.24) is 9.13 Å². The van der Waals surface area contributed by atoms with Crippen LogP contribution in [0.5, 0.6) is 0 Å². The molecule has 0 amide bonds. The zero-order valence-corrected chi connectivity index (χ0v) is 18.6. The third kappa shape index (κ3) is 5.59. The zero-order chi connectivity index (χ0) is 25.4. The first-order valence-corrected chi connectivity index (χ1v) is 11.7. The van der Waals surface area contributed by atoms with Crippen LogP contribution in [-0.4, -0.2) is 23.7 Å². The summed E-state index contributed by atoms with van der Waals surface area (Å²) in [5, 5.41) is 0. The van der Waals surface area contributed by atoms with E-state index in [1.54, 1.807) is 36.4 Å². The molecule has 0 aliphatic rings. The summed E-state index contributed by atoms with van der Waals surface area (Å²) in [5.41, 5.74) is -0.646. The van der Waals surface area contributed by atoms with E-state index in [1.165, 1.54) is 22.8 Å². The molecule has 3 aromatic carbocycles. The number of nitrogens with zero attached hydrogens (tertiary/aromatic N) is 3. The molecule has 0 saturated carbocycles. The molecule has 4 aromatic rings. The summed E-state index contributed by atoms with van der Waals surface area (Å²) in [5.74, 6) is -0.798. The van der Waals surface area contributed by atoms with E-state index in [-0.39, 0.29) is 11.1 Å². The summed E-state index contributed by atoms with van der Waals surface area (Å²) in [4.78, 5) is 0. The van der Waals surface area contributed by atoms with Crippen LogP contribution in [0.2, 0.25) is 0 Å². The largest absolute Gasteiger partial charge is 0.416 e. The van der Waals surface area contributed by atoms with E-state index in [9.17, 15) is 34.8 Å². The van der Waals surface area contributed by atoms with Crippen molar-refractivity contribution in [3.63, 3.8) is 0 Å². The van der Waals surface area contributed by atoms with Gasteiger partial charge < -0.3 is 0 Å². The molecular formula is C23H17F6N3O2S. The van der Waals surface area contributed by atoms with Gasteiger partial charge in [-0.15, -0.1) is 4.40 Å². The van der Waals surface area contributed by atoms with Gasteiger partial charge in [0.25, 0.3) is 10.0 Å². The van der Waals surface area contributed by atoms with Gasteiger partial charge in [0.05, 0.1) is 22.3 Å². The van der Waals surface area contributed by atoms with Gasteiger partial charge >= 0.3 is 12.4 Å². The van der Waals surface area contributed by atoms with Crippen molar-refractivity contribution in [2.75, 3.05) is 0 Å². The van der Waals surface area contributed by atoms with E-state index in [0.29, 0.717) is 11.2 Å². The molecule has 0 saturated heterocycles. The fourth-order valence-corrected chi connectivity index (χ4v) is 4.74. The number of alkyl halides is 6. The Labute approximate surface area is 195 Å². The normalized spacial score (nSPS) is 13.5. The molecule has 5 nitrogen and oxygen atoms in total. The van der Waals surface area contributed by atoms with Gasteiger partial charge in [-0.05, 0) is 42.0 Å². The topological polar surface area (TPSA) is 56.4 Å². The van der Waals surface area contributed by atoms with Gasteiger partial charge in [-0.3, -0.25) is 9.13 Å². The van der Waals surface area contributed by atoms with Crippen LogP contribution >= 0.6 is 0 Å². The monoisotopic (exact) mass is 513 g/mol. The molecule has 0 atom stereocenters. The maximum Gasteiger partial charge on any atom is 0.416 e. The molecular weight excluding hydrogens is 496 g/mol. The van der Waals surface area contributed by atoms with Crippen LogP contribution in [0, 0.1) is 0 Å². The van der Waals surface area contributed by atoms with Crippen LogP contribution in [0.1, 0.15) is 11.1 Å². The Morgan fingerprint density at radius 2 is 1.31 bits per heavy atom. The summed E-state index contributed by atoms with van der Waals surface area (Å²) >= 11 is 0. The summed E-state index contributed by atoms with van der Waals surface area (Å²) in [7, 11) is -4.46. The van der Waals surface area contributed by atoms with Crippen LogP contribution in [0.4, 0.5) is 26.3 Å². The number of para-hydroxylation sites is 3. The van der Waals surface area contributed by atoms with E-state index in [1.807, 2.05) is 0 Å². The van der Waals surface area contributed by atoms with Gasteiger partial charge in [0.2, 0.25) is 5.62 Å². The molecule has 1 aromatic heterocycles. The predicted molar refractivity (Wildman–Crippen MR) is 117 cm³/mol. The molecule has 0 spiro atoms. The van der Waals surface area contributed by atoms with Crippen molar-refractivity contribution in [2.24, 2.45) is 4.40 Å². The van der Waals surface area contributed by atoms with Crippen LogP contribution in [-0.2, 0) is 28.5 Å². The molecule has 0 unspecified atom stereocenters. The van der Waals surface area contributed by atoms with Crippen LogP contribution in [0.25, 0.3) is 16.7 Å². The second-order valence-electron chi connectivity index (χ2n) is 7.67. The first-order chi connectivity index (χ1) is 16.3.